The summed E-state index contributed by atoms with van der Waals surface area (Å²) in [6, 6.07) is 10.7. The van der Waals surface area contributed by atoms with Gasteiger partial charge >= 0.3 is 0 Å². The van der Waals surface area contributed by atoms with E-state index in [2.05, 4.69) is 63.8 Å². The van der Waals surface area contributed by atoms with Gasteiger partial charge in [-0.25, -0.2) is 0 Å². The fourth-order valence-electron chi connectivity index (χ4n) is 3.35. The summed E-state index contributed by atoms with van der Waals surface area (Å²) in [5.74, 6) is 0.729. The Labute approximate surface area is 169 Å². The van der Waals surface area contributed by atoms with E-state index < -0.39 is 5.60 Å². The van der Waals surface area contributed by atoms with Crippen molar-refractivity contribution < 1.29 is 9.84 Å². The third-order valence-corrected chi connectivity index (χ3v) is 4.86. The lowest BCUT2D eigenvalue weighted by Gasteiger charge is -2.33. The molecule has 3 N–H and O–H groups in total. The highest BCUT2D eigenvalue weighted by molar-refractivity contribution is 5.79. The Balaban J connectivity index is 1.94. The maximum Gasteiger partial charge on any atom is 0.191 e. The zero-order valence-electron chi connectivity index (χ0n) is 17.8. The SMILES string of the molecule is CCNC(=NCC(C)(O)CN1CCOCC1)NCC(c1ccccc1)N(C)C. The lowest BCUT2D eigenvalue weighted by atomic mass is 10.1. The number of likely N-dealkylation sites (N-methyl/N-ethyl adjacent to an activating group) is 1. The molecule has 7 nitrogen and oxygen atoms in total. The summed E-state index contributed by atoms with van der Waals surface area (Å²) in [7, 11) is 4.16. The lowest BCUT2D eigenvalue weighted by Crippen LogP contribution is -2.48. The standard InChI is InChI=1S/C21H37N5O2/c1-5-22-20(23-15-19(25(3)4)18-9-7-6-8-10-18)24-16-21(2,27)17-26-11-13-28-14-12-26/h6-10,19,27H,5,11-17H2,1-4H3,(H2,22,23,24). The molecule has 1 aromatic rings. The first-order chi connectivity index (χ1) is 13.4. The van der Waals surface area contributed by atoms with Gasteiger partial charge in [0, 0.05) is 32.7 Å². The number of nitrogens with one attached hydrogen (secondary N) is 2. The molecule has 1 heterocycles. The number of nitrogens with zero attached hydrogens (tertiary/aromatic N) is 3. The normalized spacial score (nSPS) is 19.3. The Morgan fingerprint density at radius 3 is 2.54 bits per heavy atom. The predicted octanol–water partition coefficient (Wildman–Crippen LogP) is 0.928. The van der Waals surface area contributed by atoms with Crippen LogP contribution in [0.2, 0.25) is 0 Å². The van der Waals surface area contributed by atoms with Crippen LogP contribution in [0.15, 0.2) is 35.3 Å². The largest absolute Gasteiger partial charge is 0.387 e. The molecule has 0 radical (unpaired) electrons. The minimum atomic E-state index is -0.875. The van der Waals surface area contributed by atoms with Crippen molar-refractivity contribution in [2.24, 2.45) is 4.99 Å². The van der Waals surface area contributed by atoms with Crippen molar-refractivity contribution in [3.05, 3.63) is 35.9 Å². The highest BCUT2D eigenvalue weighted by Gasteiger charge is 2.25. The maximum absolute atomic E-state index is 10.8. The van der Waals surface area contributed by atoms with Gasteiger partial charge in [0.2, 0.25) is 0 Å². The Morgan fingerprint density at radius 2 is 1.93 bits per heavy atom. The number of rotatable bonds is 9. The summed E-state index contributed by atoms with van der Waals surface area (Å²) >= 11 is 0. The second kappa shape index (κ2) is 11.4. The first-order valence-electron chi connectivity index (χ1n) is 10.2. The van der Waals surface area contributed by atoms with Crippen LogP contribution in [0.25, 0.3) is 0 Å². The van der Waals surface area contributed by atoms with E-state index in [-0.39, 0.29) is 6.04 Å². The van der Waals surface area contributed by atoms with E-state index in [0.717, 1.165) is 45.4 Å². The average molecular weight is 392 g/mol. The van der Waals surface area contributed by atoms with Gasteiger partial charge in [-0.05, 0) is 33.5 Å². The second-order valence-electron chi connectivity index (χ2n) is 7.85. The fraction of sp³-hybridized carbons (Fsp3) is 0.667. The second-order valence-corrected chi connectivity index (χ2v) is 7.85. The molecule has 2 unspecified atom stereocenters. The Bertz CT molecular complexity index is 586. The number of β-amino-alcohol motifs (C(OH)–C–C–N with tert-alkyl or cyclic N) is 1. The van der Waals surface area contributed by atoms with Crippen molar-refractivity contribution >= 4 is 5.96 Å². The van der Waals surface area contributed by atoms with Crippen molar-refractivity contribution in [3.63, 3.8) is 0 Å². The van der Waals surface area contributed by atoms with Gasteiger partial charge in [-0.15, -0.1) is 0 Å². The van der Waals surface area contributed by atoms with E-state index in [4.69, 9.17) is 4.74 Å². The number of ether oxygens (including phenoxy) is 1. The van der Waals surface area contributed by atoms with Gasteiger partial charge in [-0.3, -0.25) is 9.89 Å². The van der Waals surface area contributed by atoms with Gasteiger partial charge in [0.1, 0.15) is 0 Å². The lowest BCUT2D eigenvalue weighted by molar-refractivity contribution is -0.0180. The predicted molar refractivity (Wildman–Crippen MR) is 115 cm³/mol. The van der Waals surface area contributed by atoms with Crippen molar-refractivity contribution in [1.29, 1.82) is 0 Å². The molecular weight excluding hydrogens is 354 g/mol. The Morgan fingerprint density at radius 1 is 1.25 bits per heavy atom. The molecule has 0 bridgehead atoms. The van der Waals surface area contributed by atoms with Crippen molar-refractivity contribution in [1.82, 2.24) is 20.4 Å². The van der Waals surface area contributed by atoms with Crippen LogP contribution in [-0.2, 0) is 4.74 Å². The molecule has 1 aliphatic rings. The van der Waals surface area contributed by atoms with E-state index in [0.29, 0.717) is 13.1 Å². The van der Waals surface area contributed by atoms with Gasteiger partial charge in [0.05, 0.1) is 31.4 Å². The third-order valence-electron chi connectivity index (χ3n) is 4.86. The molecular formula is C21H37N5O2. The summed E-state index contributed by atoms with van der Waals surface area (Å²) < 4.78 is 5.38. The highest BCUT2D eigenvalue weighted by atomic mass is 16.5. The molecule has 0 spiro atoms. The monoisotopic (exact) mass is 391 g/mol. The van der Waals surface area contributed by atoms with Crippen LogP contribution in [0, 0.1) is 0 Å². The van der Waals surface area contributed by atoms with Crippen LogP contribution in [0.1, 0.15) is 25.5 Å². The van der Waals surface area contributed by atoms with E-state index in [1.807, 2.05) is 19.9 Å². The Kier molecular flexibility index (Phi) is 9.18. The molecule has 0 amide bonds. The minimum Gasteiger partial charge on any atom is -0.387 e. The minimum absolute atomic E-state index is 0.235. The number of guanidine groups is 1. The van der Waals surface area contributed by atoms with E-state index in [1.54, 1.807) is 0 Å². The van der Waals surface area contributed by atoms with Crippen molar-refractivity contribution in [3.8, 4) is 0 Å². The van der Waals surface area contributed by atoms with Crippen molar-refractivity contribution in [2.45, 2.75) is 25.5 Å². The number of aliphatic imine (C=N–C) groups is 1. The van der Waals surface area contributed by atoms with Gasteiger partial charge in [0.25, 0.3) is 0 Å². The summed E-state index contributed by atoms with van der Waals surface area (Å²) in [6.07, 6.45) is 0. The van der Waals surface area contributed by atoms with Crippen LogP contribution >= 0.6 is 0 Å². The molecule has 1 aromatic carbocycles. The van der Waals surface area contributed by atoms with Crippen LogP contribution < -0.4 is 10.6 Å². The van der Waals surface area contributed by atoms with Gasteiger partial charge in [-0.1, -0.05) is 30.3 Å². The molecule has 0 aromatic heterocycles. The fourth-order valence-corrected chi connectivity index (χ4v) is 3.35. The molecule has 1 aliphatic heterocycles. The van der Waals surface area contributed by atoms with E-state index in [9.17, 15) is 5.11 Å². The molecule has 7 heteroatoms. The van der Waals surface area contributed by atoms with Gasteiger partial charge < -0.3 is 25.4 Å². The molecule has 0 saturated carbocycles. The molecule has 0 aliphatic carbocycles. The highest BCUT2D eigenvalue weighted by Crippen LogP contribution is 2.16. The molecule has 2 rings (SSSR count). The quantitative estimate of drug-likeness (QED) is 0.430. The molecule has 2 atom stereocenters. The van der Waals surface area contributed by atoms with Gasteiger partial charge in [0.15, 0.2) is 5.96 Å². The Hall–Kier alpha value is -1.67. The summed E-state index contributed by atoms with van der Waals surface area (Å²) in [5, 5.41) is 17.5. The summed E-state index contributed by atoms with van der Waals surface area (Å²) in [5.41, 5.74) is 0.384. The summed E-state index contributed by atoms with van der Waals surface area (Å²) in [4.78, 5) is 9.07. The third kappa shape index (κ3) is 7.75. The van der Waals surface area contributed by atoms with Crippen LogP contribution in [0.5, 0.6) is 0 Å². The van der Waals surface area contributed by atoms with Gasteiger partial charge in [-0.2, -0.15) is 0 Å². The molecule has 28 heavy (non-hydrogen) atoms. The number of morpholine rings is 1. The first-order valence-corrected chi connectivity index (χ1v) is 10.2. The topological polar surface area (TPSA) is 72.4 Å². The smallest absolute Gasteiger partial charge is 0.191 e. The number of hydrogen-bond acceptors (Lipinski definition) is 5. The van der Waals surface area contributed by atoms with Crippen LogP contribution in [0.3, 0.4) is 0 Å². The average Bonchev–Trinajstić information content (AvgIpc) is 2.67. The maximum atomic E-state index is 10.8. The molecule has 1 fully saturated rings. The van der Waals surface area contributed by atoms with Crippen molar-refractivity contribution in [2.75, 3.05) is 66.6 Å². The van der Waals surface area contributed by atoms with E-state index >= 15 is 0 Å². The molecule has 158 valence electrons. The van der Waals surface area contributed by atoms with Crippen LogP contribution in [0.4, 0.5) is 0 Å². The van der Waals surface area contributed by atoms with Crippen LogP contribution in [-0.4, -0.2) is 93.0 Å². The first kappa shape index (κ1) is 22.6. The zero-order chi connectivity index (χ0) is 20.4. The summed E-state index contributed by atoms with van der Waals surface area (Å²) in [6.45, 7) is 9.53. The van der Waals surface area contributed by atoms with E-state index in [1.165, 1.54) is 5.56 Å². The zero-order valence-corrected chi connectivity index (χ0v) is 17.8. The number of aliphatic hydroxyl groups is 1. The molecule has 1 saturated heterocycles. The number of hydrogen-bond donors (Lipinski definition) is 3. The number of benzene rings is 1.